The van der Waals surface area contributed by atoms with Crippen molar-refractivity contribution in [2.45, 2.75) is 44.3 Å². The lowest BCUT2D eigenvalue weighted by molar-refractivity contribution is -0.152. The molecule has 0 unspecified atom stereocenters. The normalized spacial score (nSPS) is 17.9. The molecule has 0 atom stereocenters. The molecule has 4 rings (SSSR count). The molecule has 0 bridgehead atoms. The third-order valence-corrected chi connectivity index (χ3v) is 5.57. The first-order chi connectivity index (χ1) is 13.1. The van der Waals surface area contributed by atoms with Gasteiger partial charge < -0.3 is 14.2 Å². The number of hydrogen-bond donors (Lipinski definition) is 0. The van der Waals surface area contributed by atoms with E-state index in [4.69, 9.17) is 25.8 Å². The third kappa shape index (κ3) is 3.54. The van der Waals surface area contributed by atoms with Gasteiger partial charge in [0.2, 0.25) is 0 Å². The van der Waals surface area contributed by atoms with Gasteiger partial charge in [-0.05, 0) is 42.7 Å². The number of rotatable bonds is 4. The molecule has 2 aliphatic rings. The molecule has 4 nitrogen and oxygen atoms in total. The van der Waals surface area contributed by atoms with Gasteiger partial charge in [0.25, 0.3) is 0 Å². The van der Waals surface area contributed by atoms with Gasteiger partial charge in [-0.2, -0.15) is 0 Å². The predicted octanol–water partition coefficient (Wildman–Crippen LogP) is 4.90. The van der Waals surface area contributed by atoms with Gasteiger partial charge in [0, 0.05) is 16.1 Å². The van der Waals surface area contributed by atoms with Crippen molar-refractivity contribution in [3.05, 3.63) is 63.9 Å². The van der Waals surface area contributed by atoms with E-state index < -0.39 is 5.41 Å². The topological polar surface area (TPSA) is 44.8 Å². The van der Waals surface area contributed by atoms with E-state index in [-0.39, 0.29) is 25.2 Å². The SMILES string of the molecule is O=C(OCc1cc(Cl)cc2c1OCOC2)C1(c2ccc(F)cc2)CCCC1. The highest BCUT2D eigenvalue weighted by atomic mass is 35.5. The lowest BCUT2D eigenvalue weighted by Gasteiger charge is -2.28. The molecule has 0 radical (unpaired) electrons. The molecule has 0 saturated heterocycles. The van der Waals surface area contributed by atoms with E-state index in [1.807, 2.05) is 0 Å². The van der Waals surface area contributed by atoms with Crippen LogP contribution in [0.15, 0.2) is 36.4 Å². The minimum Gasteiger partial charge on any atom is -0.467 e. The minimum absolute atomic E-state index is 0.0741. The maximum absolute atomic E-state index is 13.3. The summed E-state index contributed by atoms with van der Waals surface area (Å²) in [5.41, 5.74) is 1.66. The van der Waals surface area contributed by atoms with Gasteiger partial charge in [-0.25, -0.2) is 4.39 Å². The molecule has 0 spiro atoms. The molecule has 142 valence electrons. The first-order valence-corrected chi connectivity index (χ1v) is 9.41. The molecular formula is C21H20ClFO4. The standard InChI is InChI=1S/C21H20ClFO4/c22-17-9-14-11-25-13-27-19(14)15(10-17)12-26-20(24)21(7-1-2-8-21)16-3-5-18(23)6-4-16/h3-6,9-10H,1-2,7-8,11-13H2. The lowest BCUT2D eigenvalue weighted by Crippen LogP contribution is -2.34. The van der Waals surface area contributed by atoms with Crippen molar-refractivity contribution < 1.29 is 23.4 Å². The summed E-state index contributed by atoms with van der Waals surface area (Å²) in [6.45, 7) is 0.649. The van der Waals surface area contributed by atoms with Gasteiger partial charge in [0.15, 0.2) is 6.79 Å². The van der Waals surface area contributed by atoms with Gasteiger partial charge in [-0.1, -0.05) is 36.6 Å². The highest BCUT2D eigenvalue weighted by molar-refractivity contribution is 6.30. The third-order valence-electron chi connectivity index (χ3n) is 5.36. The summed E-state index contributed by atoms with van der Waals surface area (Å²) < 4.78 is 29.9. The lowest BCUT2D eigenvalue weighted by atomic mass is 9.79. The second kappa shape index (κ2) is 7.49. The molecule has 0 aromatic heterocycles. The van der Waals surface area contributed by atoms with Crippen LogP contribution in [0.1, 0.15) is 42.4 Å². The van der Waals surface area contributed by atoms with Crippen molar-refractivity contribution in [3.8, 4) is 5.75 Å². The molecule has 0 amide bonds. The van der Waals surface area contributed by atoms with Crippen LogP contribution in [0.3, 0.4) is 0 Å². The molecule has 27 heavy (non-hydrogen) atoms. The largest absolute Gasteiger partial charge is 0.467 e. The minimum atomic E-state index is -0.712. The average molecular weight is 391 g/mol. The fourth-order valence-corrected chi connectivity index (χ4v) is 4.27. The number of fused-ring (bicyclic) bond motifs is 1. The van der Waals surface area contributed by atoms with Crippen LogP contribution in [-0.2, 0) is 32.9 Å². The first kappa shape index (κ1) is 18.3. The monoisotopic (exact) mass is 390 g/mol. The van der Waals surface area contributed by atoms with Crippen molar-refractivity contribution in [2.75, 3.05) is 6.79 Å². The number of halogens is 2. The van der Waals surface area contributed by atoms with Crippen molar-refractivity contribution in [3.63, 3.8) is 0 Å². The van der Waals surface area contributed by atoms with Crippen LogP contribution in [0.4, 0.5) is 4.39 Å². The highest BCUT2D eigenvalue weighted by Gasteiger charge is 2.44. The Balaban J connectivity index is 1.56. The van der Waals surface area contributed by atoms with E-state index in [1.165, 1.54) is 12.1 Å². The molecular weight excluding hydrogens is 371 g/mol. The van der Waals surface area contributed by atoms with Gasteiger partial charge in [0.05, 0.1) is 12.0 Å². The van der Waals surface area contributed by atoms with E-state index in [0.717, 1.165) is 29.5 Å². The Kier molecular flexibility index (Phi) is 5.06. The zero-order valence-electron chi connectivity index (χ0n) is 14.8. The Morgan fingerprint density at radius 3 is 2.67 bits per heavy atom. The average Bonchev–Trinajstić information content (AvgIpc) is 3.17. The molecule has 1 aliphatic heterocycles. The summed E-state index contributed by atoms with van der Waals surface area (Å²) in [6, 6.07) is 9.69. The van der Waals surface area contributed by atoms with Gasteiger partial charge in [-0.15, -0.1) is 0 Å². The zero-order chi connectivity index (χ0) is 18.9. The van der Waals surface area contributed by atoms with Gasteiger partial charge in [-0.3, -0.25) is 4.79 Å². The van der Waals surface area contributed by atoms with E-state index in [9.17, 15) is 9.18 Å². The quantitative estimate of drug-likeness (QED) is 0.696. The molecule has 1 aliphatic carbocycles. The van der Waals surface area contributed by atoms with E-state index in [1.54, 1.807) is 24.3 Å². The molecule has 2 aromatic rings. The summed E-state index contributed by atoms with van der Waals surface area (Å²) >= 11 is 6.18. The van der Waals surface area contributed by atoms with Gasteiger partial charge in [0.1, 0.15) is 18.2 Å². The van der Waals surface area contributed by atoms with Crippen LogP contribution in [-0.4, -0.2) is 12.8 Å². The van der Waals surface area contributed by atoms with Crippen LogP contribution < -0.4 is 4.74 Å². The number of carbonyl (C=O) groups is 1. The van der Waals surface area contributed by atoms with Crippen molar-refractivity contribution in [1.82, 2.24) is 0 Å². The van der Waals surface area contributed by atoms with Crippen molar-refractivity contribution in [1.29, 1.82) is 0 Å². The summed E-state index contributed by atoms with van der Waals surface area (Å²) in [5.74, 6) is 0.0679. The number of hydrogen-bond acceptors (Lipinski definition) is 4. The Hall–Kier alpha value is -2.11. The number of benzene rings is 2. The second-order valence-electron chi connectivity index (χ2n) is 7.04. The van der Waals surface area contributed by atoms with Crippen LogP contribution in [0, 0.1) is 5.82 Å². The number of carbonyl (C=O) groups excluding carboxylic acids is 1. The Labute approximate surface area is 162 Å². The summed E-state index contributed by atoms with van der Waals surface area (Å²) in [7, 11) is 0. The maximum Gasteiger partial charge on any atom is 0.316 e. The summed E-state index contributed by atoms with van der Waals surface area (Å²) in [5, 5.41) is 0.544. The highest BCUT2D eigenvalue weighted by Crippen LogP contribution is 2.43. The summed E-state index contributed by atoms with van der Waals surface area (Å²) in [4.78, 5) is 13.1. The summed E-state index contributed by atoms with van der Waals surface area (Å²) in [6.07, 6.45) is 3.30. The molecule has 1 fully saturated rings. The van der Waals surface area contributed by atoms with Crippen molar-refractivity contribution >= 4 is 17.6 Å². The Morgan fingerprint density at radius 1 is 1.19 bits per heavy atom. The van der Waals surface area contributed by atoms with Crippen LogP contribution >= 0.6 is 11.6 Å². The van der Waals surface area contributed by atoms with E-state index in [0.29, 0.717) is 30.2 Å². The van der Waals surface area contributed by atoms with Crippen LogP contribution in [0.25, 0.3) is 0 Å². The van der Waals surface area contributed by atoms with Crippen LogP contribution in [0.5, 0.6) is 5.75 Å². The molecule has 1 heterocycles. The fourth-order valence-electron chi connectivity index (χ4n) is 4.00. The smallest absolute Gasteiger partial charge is 0.316 e. The van der Waals surface area contributed by atoms with Crippen LogP contribution in [0.2, 0.25) is 5.02 Å². The number of ether oxygens (including phenoxy) is 3. The maximum atomic E-state index is 13.3. The fraction of sp³-hybridized carbons (Fsp3) is 0.381. The number of esters is 1. The van der Waals surface area contributed by atoms with E-state index in [2.05, 4.69) is 0 Å². The van der Waals surface area contributed by atoms with E-state index >= 15 is 0 Å². The Bertz CT molecular complexity index is 844. The second-order valence-corrected chi connectivity index (χ2v) is 7.47. The Morgan fingerprint density at radius 2 is 1.93 bits per heavy atom. The molecule has 0 N–H and O–H groups in total. The molecule has 6 heteroatoms. The predicted molar refractivity (Wildman–Crippen MR) is 98.1 cm³/mol. The molecule has 2 aromatic carbocycles. The first-order valence-electron chi connectivity index (χ1n) is 9.04. The molecule has 1 saturated carbocycles. The van der Waals surface area contributed by atoms with Crippen molar-refractivity contribution in [2.24, 2.45) is 0 Å². The van der Waals surface area contributed by atoms with Gasteiger partial charge >= 0.3 is 5.97 Å². The zero-order valence-corrected chi connectivity index (χ0v) is 15.6.